The zero-order chi connectivity index (χ0) is 14.0. The molecule has 98 valence electrons. The van der Waals surface area contributed by atoms with Gasteiger partial charge in [-0.15, -0.1) is 0 Å². The summed E-state index contributed by atoms with van der Waals surface area (Å²) in [5.74, 6) is -0.628. The lowest BCUT2D eigenvalue weighted by molar-refractivity contribution is 0.112. The summed E-state index contributed by atoms with van der Waals surface area (Å²) in [5.41, 5.74) is 0.790. The van der Waals surface area contributed by atoms with Crippen molar-refractivity contribution >= 4 is 16.1 Å². The maximum atomic E-state index is 13.5. The van der Waals surface area contributed by atoms with Crippen LogP contribution in [0.3, 0.4) is 0 Å². The van der Waals surface area contributed by atoms with E-state index in [0.29, 0.717) is 17.4 Å². The molecule has 0 amide bonds. The molecule has 19 heavy (non-hydrogen) atoms. The highest BCUT2D eigenvalue weighted by Gasteiger charge is 2.12. The Labute approximate surface area is 110 Å². The van der Waals surface area contributed by atoms with Crippen molar-refractivity contribution in [3.05, 3.63) is 53.8 Å². The van der Waals surface area contributed by atoms with Crippen LogP contribution in [0.2, 0.25) is 0 Å². The molecule has 2 aromatic rings. The largest absolute Gasteiger partial charge is 0.298 e. The SMILES string of the molecule is CS(=O)(=O)c1cccc(-c2cccc(F)c2C=O)c1. The predicted molar refractivity (Wildman–Crippen MR) is 70.3 cm³/mol. The Kier molecular flexibility index (Phi) is 3.48. The maximum absolute atomic E-state index is 13.5. The van der Waals surface area contributed by atoms with Crippen molar-refractivity contribution in [3.8, 4) is 11.1 Å². The molecule has 3 nitrogen and oxygen atoms in total. The van der Waals surface area contributed by atoms with E-state index < -0.39 is 15.7 Å². The zero-order valence-corrected chi connectivity index (χ0v) is 10.9. The quantitative estimate of drug-likeness (QED) is 0.811. The Morgan fingerprint density at radius 1 is 1.11 bits per heavy atom. The van der Waals surface area contributed by atoms with Crippen LogP contribution in [0, 0.1) is 5.82 Å². The number of carbonyl (C=O) groups is 1. The van der Waals surface area contributed by atoms with E-state index in [4.69, 9.17) is 0 Å². The second-order valence-corrected chi connectivity index (χ2v) is 6.13. The number of hydrogen-bond acceptors (Lipinski definition) is 3. The summed E-state index contributed by atoms with van der Waals surface area (Å²) in [7, 11) is -3.35. The molecular weight excluding hydrogens is 267 g/mol. The standard InChI is InChI=1S/C14H11FO3S/c1-19(17,18)11-5-2-4-10(8-11)12-6-3-7-14(15)13(12)9-16/h2-9H,1H3. The van der Waals surface area contributed by atoms with Crippen molar-refractivity contribution in [2.45, 2.75) is 4.90 Å². The van der Waals surface area contributed by atoms with Gasteiger partial charge in [0.2, 0.25) is 0 Å². The molecule has 0 saturated heterocycles. The highest BCUT2D eigenvalue weighted by atomic mass is 32.2. The Hall–Kier alpha value is -2.01. The van der Waals surface area contributed by atoms with Gasteiger partial charge >= 0.3 is 0 Å². The first kappa shape index (κ1) is 13.4. The van der Waals surface area contributed by atoms with Crippen molar-refractivity contribution in [1.82, 2.24) is 0 Å². The Bertz CT molecular complexity index is 736. The van der Waals surface area contributed by atoms with Crippen LogP contribution in [-0.2, 0) is 9.84 Å². The molecule has 0 radical (unpaired) electrons. The van der Waals surface area contributed by atoms with Gasteiger partial charge in [0.15, 0.2) is 16.1 Å². The monoisotopic (exact) mass is 278 g/mol. The van der Waals surface area contributed by atoms with Crippen LogP contribution in [-0.4, -0.2) is 21.0 Å². The topological polar surface area (TPSA) is 51.2 Å². The Morgan fingerprint density at radius 2 is 1.79 bits per heavy atom. The van der Waals surface area contributed by atoms with Crippen LogP contribution in [0.25, 0.3) is 11.1 Å². The number of halogens is 1. The van der Waals surface area contributed by atoms with E-state index in [0.717, 1.165) is 6.26 Å². The Morgan fingerprint density at radius 3 is 2.42 bits per heavy atom. The second-order valence-electron chi connectivity index (χ2n) is 4.12. The molecule has 0 heterocycles. The van der Waals surface area contributed by atoms with Gasteiger partial charge in [0.05, 0.1) is 10.5 Å². The second kappa shape index (κ2) is 4.93. The third kappa shape index (κ3) is 2.71. The van der Waals surface area contributed by atoms with E-state index in [1.54, 1.807) is 18.2 Å². The summed E-state index contributed by atoms with van der Waals surface area (Å²) in [6.07, 6.45) is 1.52. The molecule has 5 heteroatoms. The minimum atomic E-state index is -3.35. The smallest absolute Gasteiger partial charge is 0.175 e. The summed E-state index contributed by atoms with van der Waals surface area (Å²) in [4.78, 5) is 11.1. The highest BCUT2D eigenvalue weighted by Crippen LogP contribution is 2.26. The van der Waals surface area contributed by atoms with Gasteiger partial charge in [0.1, 0.15) is 5.82 Å². The van der Waals surface area contributed by atoms with Crippen molar-refractivity contribution in [2.24, 2.45) is 0 Å². The number of aldehydes is 1. The molecule has 0 aliphatic rings. The Balaban J connectivity index is 2.67. The van der Waals surface area contributed by atoms with Crippen LogP contribution >= 0.6 is 0 Å². The first-order valence-electron chi connectivity index (χ1n) is 5.47. The van der Waals surface area contributed by atoms with E-state index in [1.165, 1.54) is 24.3 Å². The number of hydrogen-bond donors (Lipinski definition) is 0. The van der Waals surface area contributed by atoms with Gasteiger partial charge in [-0.1, -0.05) is 24.3 Å². The van der Waals surface area contributed by atoms with Crippen LogP contribution in [0.5, 0.6) is 0 Å². The molecule has 0 saturated carbocycles. The van der Waals surface area contributed by atoms with Crippen LogP contribution in [0.1, 0.15) is 10.4 Å². The molecule has 0 bridgehead atoms. The maximum Gasteiger partial charge on any atom is 0.175 e. The fourth-order valence-corrected chi connectivity index (χ4v) is 2.47. The first-order valence-corrected chi connectivity index (χ1v) is 7.37. The van der Waals surface area contributed by atoms with Gasteiger partial charge in [0, 0.05) is 6.26 Å². The minimum Gasteiger partial charge on any atom is -0.298 e. The third-order valence-corrected chi connectivity index (χ3v) is 3.85. The molecular formula is C14H11FO3S. The van der Waals surface area contributed by atoms with Gasteiger partial charge in [-0.25, -0.2) is 12.8 Å². The molecule has 0 aromatic heterocycles. The van der Waals surface area contributed by atoms with Crippen molar-refractivity contribution in [3.63, 3.8) is 0 Å². The zero-order valence-electron chi connectivity index (χ0n) is 10.1. The van der Waals surface area contributed by atoms with Crippen molar-refractivity contribution in [1.29, 1.82) is 0 Å². The molecule has 0 aliphatic heterocycles. The van der Waals surface area contributed by atoms with Crippen LogP contribution < -0.4 is 0 Å². The van der Waals surface area contributed by atoms with Crippen LogP contribution in [0.15, 0.2) is 47.4 Å². The number of sulfone groups is 1. The van der Waals surface area contributed by atoms with Gasteiger partial charge in [-0.2, -0.15) is 0 Å². The van der Waals surface area contributed by atoms with Gasteiger partial charge in [0.25, 0.3) is 0 Å². The summed E-state index contributed by atoms with van der Waals surface area (Å²) < 4.78 is 36.5. The summed E-state index contributed by atoms with van der Waals surface area (Å²) in [5, 5.41) is 0. The molecule has 2 aromatic carbocycles. The van der Waals surface area contributed by atoms with E-state index in [1.807, 2.05) is 0 Å². The van der Waals surface area contributed by atoms with E-state index in [-0.39, 0.29) is 10.5 Å². The van der Waals surface area contributed by atoms with E-state index >= 15 is 0 Å². The van der Waals surface area contributed by atoms with Gasteiger partial charge in [-0.05, 0) is 29.3 Å². The van der Waals surface area contributed by atoms with E-state index in [9.17, 15) is 17.6 Å². The average Bonchev–Trinajstić information content (AvgIpc) is 2.37. The lowest BCUT2D eigenvalue weighted by Crippen LogP contribution is -1.98. The predicted octanol–water partition coefficient (Wildman–Crippen LogP) is 2.71. The molecule has 0 spiro atoms. The first-order chi connectivity index (χ1) is 8.93. The number of rotatable bonds is 3. The van der Waals surface area contributed by atoms with E-state index in [2.05, 4.69) is 0 Å². The molecule has 0 fully saturated rings. The third-order valence-electron chi connectivity index (χ3n) is 2.74. The molecule has 2 rings (SSSR count). The lowest BCUT2D eigenvalue weighted by atomic mass is 10.0. The fourth-order valence-electron chi connectivity index (χ4n) is 1.80. The fraction of sp³-hybridized carbons (Fsp3) is 0.0714. The van der Waals surface area contributed by atoms with Gasteiger partial charge < -0.3 is 0 Å². The molecule has 0 N–H and O–H groups in total. The molecule has 0 aliphatic carbocycles. The average molecular weight is 278 g/mol. The highest BCUT2D eigenvalue weighted by molar-refractivity contribution is 7.90. The normalized spacial score (nSPS) is 11.3. The number of carbonyl (C=O) groups excluding carboxylic acids is 1. The van der Waals surface area contributed by atoms with Crippen molar-refractivity contribution in [2.75, 3.05) is 6.26 Å². The van der Waals surface area contributed by atoms with Gasteiger partial charge in [-0.3, -0.25) is 4.79 Å². The molecule has 0 unspecified atom stereocenters. The summed E-state index contributed by atoms with van der Waals surface area (Å²) in [6.45, 7) is 0. The minimum absolute atomic E-state index is 0.0758. The van der Waals surface area contributed by atoms with Crippen molar-refractivity contribution < 1.29 is 17.6 Å². The summed E-state index contributed by atoms with van der Waals surface area (Å²) in [6, 6.07) is 10.3. The molecule has 0 atom stereocenters. The summed E-state index contributed by atoms with van der Waals surface area (Å²) >= 11 is 0. The number of benzene rings is 2. The van der Waals surface area contributed by atoms with Crippen LogP contribution in [0.4, 0.5) is 4.39 Å². The lowest BCUT2D eigenvalue weighted by Gasteiger charge is -2.07.